The number of ether oxygens (including phenoxy) is 8. The maximum Gasteiger partial charge on any atom is 0.191 e. The fourth-order valence-electron chi connectivity index (χ4n) is 13.7. The summed E-state index contributed by atoms with van der Waals surface area (Å²) in [5, 5.41) is 43.8. The second-order valence-electron chi connectivity index (χ2n) is 34.9. The van der Waals surface area contributed by atoms with E-state index >= 15 is 0 Å². The molecule has 1 unspecified atom stereocenters. The highest BCUT2D eigenvalue weighted by Gasteiger charge is 2.37. The molecule has 0 spiro atoms. The van der Waals surface area contributed by atoms with E-state index in [1.54, 1.807) is 14.2 Å². The number of halogens is 1. The van der Waals surface area contributed by atoms with Crippen molar-refractivity contribution in [3.05, 3.63) is 35.9 Å². The first-order valence-corrected chi connectivity index (χ1v) is 53.6. The number of alkyl halides is 1. The first-order chi connectivity index (χ1) is 56.1. The Kier molecular flexibility index (Phi) is 101. The minimum absolute atomic E-state index is 0.0432. The molecule has 0 saturated carbocycles. The monoisotopic (exact) mass is 1770 g/mol. The topological polar surface area (TPSA) is 184 Å². The summed E-state index contributed by atoms with van der Waals surface area (Å²) in [5.74, 6) is 0. The molecule has 5 N–H and O–H groups in total. The standard InChI is InChI=1S/C27H46O3.C26H56O3Si.C21H43IO2.C21H44O3.C4H10O3/c1-2-3-4-5-6-7-8-9-10-11-12-13-14-18-22-28-24-26-21-23-29-27(30-26)25-19-16-15-17-20-25;1-7-8-9-10-11-12-13-14-15-16-17-18-19-20-22-28-24-25(27)21-23-29-30(5,6)26(2,3)4;2*1-3-4-5-6-7-8-9-10-11-12-13-14-15-16-19-24-20-21(23-2)17-18-22;5-2-1-4(7)3-6/h15-17,19-20,26-27H,2-14,18,21-24H2,1H3;25,27H,7-24H2,1-6H3;21H,3-20H2,1-2H3;21-22H,3-20H2,1-2H3;4-7H,1-3H2/t26-,27?;25-;2*21-;4-/m00000/s1. The van der Waals surface area contributed by atoms with Gasteiger partial charge < -0.3 is 67.9 Å². The number of methoxy groups -OCH3 is 2. The Balaban J connectivity index is -0.00000142. The van der Waals surface area contributed by atoms with Crippen molar-refractivity contribution in [1.82, 2.24) is 0 Å². The third kappa shape index (κ3) is 91.1. The van der Waals surface area contributed by atoms with Crippen molar-refractivity contribution in [2.75, 3.05) is 105 Å². The lowest BCUT2D eigenvalue weighted by molar-refractivity contribution is -0.227. The zero-order chi connectivity index (χ0) is 85.0. The van der Waals surface area contributed by atoms with Crippen LogP contribution in [0.1, 0.15) is 452 Å². The number of hydrogen-bond donors (Lipinski definition) is 5. The van der Waals surface area contributed by atoms with Crippen LogP contribution >= 0.6 is 22.6 Å². The molecule has 1 fully saturated rings. The highest BCUT2D eigenvalue weighted by atomic mass is 127. The average Bonchev–Trinajstić information content (AvgIpc) is 0.851. The van der Waals surface area contributed by atoms with E-state index in [0.29, 0.717) is 39.3 Å². The predicted octanol–water partition coefficient (Wildman–Crippen LogP) is 28.2. The van der Waals surface area contributed by atoms with E-state index in [-0.39, 0.29) is 55.9 Å². The van der Waals surface area contributed by atoms with E-state index in [2.05, 4.69) is 96.3 Å². The maximum absolute atomic E-state index is 10.1. The lowest BCUT2D eigenvalue weighted by Crippen LogP contribution is -2.41. The summed E-state index contributed by atoms with van der Waals surface area (Å²) in [7, 11) is 1.76. The maximum atomic E-state index is 10.1. The van der Waals surface area contributed by atoms with Crippen LogP contribution in [0.2, 0.25) is 18.1 Å². The van der Waals surface area contributed by atoms with Gasteiger partial charge in [0.2, 0.25) is 0 Å². The molecule has 16 heteroatoms. The van der Waals surface area contributed by atoms with Crippen molar-refractivity contribution in [2.45, 2.75) is 495 Å². The summed E-state index contributed by atoms with van der Waals surface area (Å²) in [5.41, 5.74) is 1.09. The molecule has 115 heavy (non-hydrogen) atoms. The zero-order valence-electron chi connectivity index (χ0n) is 78.2. The first kappa shape index (κ1) is 119. The lowest BCUT2D eigenvalue weighted by atomic mass is 10.0. The first-order valence-electron chi connectivity index (χ1n) is 49.2. The molecule has 14 nitrogen and oxygen atoms in total. The second-order valence-corrected chi connectivity index (χ2v) is 40.8. The predicted molar refractivity (Wildman–Crippen MR) is 505 cm³/mol. The molecule has 690 valence electrons. The van der Waals surface area contributed by atoms with E-state index in [9.17, 15) is 5.11 Å². The van der Waals surface area contributed by atoms with Gasteiger partial charge in [-0.1, -0.05) is 435 Å². The lowest BCUT2D eigenvalue weighted by Gasteiger charge is -2.36. The van der Waals surface area contributed by atoms with Gasteiger partial charge in [-0.25, -0.2) is 0 Å². The van der Waals surface area contributed by atoms with Crippen LogP contribution in [0.4, 0.5) is 0 Å². The Morgan fingerprint density at radius 2 is 0.696 bits per heavy atom. The second kappa shape index (κ2) is 97.4. The van der Waals surface area contributed by atoms with Crippen molar-refractivity contribution in [3.8, 4) is 0 Å². The molecule has 1 aliphatic heterocycles. The molecular formula is C99H199IO14Si. The minimum Gasteiger partial charge on any atom is -0.417 e. The molecule has 0 aromatic heterocycles. The van der Waals surface area contributed by atoms with E-state index in [1.807, 2.05) is 18.2 Å². The molecule has 0 bridgehead atoms. The molecule has 1 heterocycles. The Labute approximate surface area is 729 Å². The van der Waals surface area contributed by atoms with Crippen LogP contribution < -0.4 is 0 Å². The van der Waals surface area contributed by atoms with Crippen LogP contribution in [-0.4, -0.2) is 169 Å². The van der Waals surface area contributed by atoms with Gasteiger partial charge in [-0.15, -0.1) is 0 Å². The molecule has 1 aromatic carbocycles. The molecule has 0 aliphatic carbocycles. The zero-order valence-corrected chi connectivity index (χ0v) is 81.3. The molecule has 1 saturated heterocycles. The Bertz CT molecular complexity index is 1860. The summed E-state index contributed by atoms with van der Waals surface area (Å²) < 4.78 is 52.5. The highest BCUT2D eigenvalue weighted by molar-refractivity contribution is 14.1. The van der Waals surface area contributed by atoms with Gasteiger partial charge in [0.25, 0.3) is 0 Å². The van der Waals surface area contributed by atoms with E-state index < -0.39 is 20.5 Å². The van der Waals surface area contributed by atoms with Gasteiger partial charge in [-0.3, -0.25) is 0 Å². The smallest absolute Gasteiger partial charge is 0.191 e. The Morgan fingerprint density at radius 3 is 0.983 bits per heavy atom. The third-order valence-electron chi connectivity index (χ3n) is 22.8. The van der Waals surface area contributed by atoms with E-state index in [0.717, 1.165) is 75.3 Å². The fraction of sp³-hybridized carbons (Fsp3) is 0.939. The van der Waals surface area contributed by atoms with Crippen molar-refractivity contribution >= 4 is 30.9 Å². The summed E-state index contributed by atoms with van der Waals surface area (Å²) in [6.07, 6.45) is 80.5. The molecule has 0 radical (unpaired) electrons. The normalized spacial score (nSPS) is 14.7. The Hall–Kier alpha value is -0.393. The van der Waals surface area contributed by atoms with Gasteiger partial charge in [-0.05, 0) is 75.9 Å². The van der Waals surface area contributed by atoms with Gasteiger partial charge in [0.05, 0.1) is 70.2 Å². The largest absolute Gasteiger partial charge is 0.417 e. The summed E-state index contributed by atoms with van der Waals surface area (Å²) in [6, 6.07) is 10.2. The van der Waals surface area contributed by atoms with Gasteiger partial charge in [-0.2, -0.15) is 0 Å². The average molecular weight is 1770 g/mol. The van der Waals surface area contributed by atoms with Crippen LogP contribution in [0, 0.1) is 0 Å². The SMILES string of the molecule is CCCCCCCCCCCCCCCCOC[C@@H](O)CCO[Si](C)(C)C(C)(C)C.CCCCCCCCCCCCCCCCOC[C@@H]1CCOC(c2ccccc2)O1.CCCCCCCCCCCCCCCCOC[C@H](CCI)OC.CCCCCCCCCCCCCCCCOC[C@H](CCO)OC.OCC[C@H](O)CO. The van der Waals surface area contributed by atoms with Crippen LogP contribution in [0.5, 0.6) is 0 Å². The van der Waals surface area contributed by atoms with Crippen LogP contribution in [-0.2, 0) is 42.3 Å². The molecule has 6 atom stereocenters. The summed E-state index contributed by atoms with van der Waals surface area (Å²) in [6.45, 7) is 27.5. The van der Waals surface area contributed by atoms with Gasteiger partial charge >= 0.3 is 0 Å². The van der Waals surface area contributed by atoms with E-state index in [4.69, 9.17) is 62.7 Å². The van der Waals surface area contributed by atoms with Crippen LogP contribution in [0.3, 0.4) is 0 Å². The van der Waals surface area contributed by atoms with Crippen molar-refractivity contribution in [3.63, 3.8) is 0 Å². The van der Waals surface area contributed by atoms with Crippen molar-refractivity contribution < 1.29 is 67.9 Å². The number of aliphatic hydroxyl groups is 5. The quantitative estimate of drug-likeness (QED) is 0.0180. The van der Waals surface area contributed by atoms with Gasteiger partial charge in [0.15, 0.2) is 14.6 Å². The van der Waals surface area contributed by atoms with Crippen LogP contribution in [0.15, 0.2) is 30.3 Å². The van der Waals surface area contributed by atoms with Gasteiger partial charge in [0.1, 0.15) is 0 Å². The summed E-state index contributed by atoms with van der Waals surface area (Å²) >= 11 is 2.39. The number of rotatable bonds is 82. The highest BCUT2D eigenvalue weighted by Crippen LogP contribution is 2.37. The third-order valence-corrected chi connectivity index (χ3v) is 28.0. The molecule has 2 rings (SSSR count). The number of aliphatic hydroxyl groups excluding tert-OH is 5. The minimum atomic E-state index is -1.70. The molecule has 1 aromatic rings. The van der Waals surface area contributed by atoms with E-state index in [1.165, 1.54) is 347 Å². The van der Waals surface area contributed by atoms with Gasteiger partial charge in [0, 0.05) is 70.5 Å². The molecular weight excluding hydrogens is 1570 g/mol. The number of unbranched alkanes of at least 4 members (excludes halogenated alkanes) is 52. The fourth-order valence-corrected chi connectivity index (χ4v) is 15.5. The molecule has 1 aliphatic rings. The number of benzene rings is 1. The molecule has 0 amide bonds. The van der Waals surface area contributed by atoms with Crippen molar-refractivity contribution in [1.29, 1.82) is 0 Å². The Morgan fingerprint density at radius 1 is 0.391 bits per heavy atom. The number of hydrogen-bond acceptors (Lipinski definition) is 14. The van der Waals surface area contributed by atoms with Crippen LogP contribution in [0.25, 0.3) is 0 Å². The summed E-state index contributed by atoms with van der Waals surface area (Å²) in [4.78, 5) is 0. The van der Waals surface area contributed by atoms with Crippen molar-refractivity contribution in [2.24, 2.45) is 0 Å².